The predicted molar refractivity (Wildman–Crippen MR) is 64.3 cm³/mol. The highest BCUT2D eigenvalue weighted by molar-refractivity contribution is 14.1. The van der Waals surface area contributed by atoms with Crippen LogP contribution in [0.1, 0.15) is 25.7 Å². The lowest BCUT2D eigenvalue weighted by atomic mass is 10.2. The molecule has 0 spiro atoms. The zero-order valence-corrected chi connectivity index (χ0v) is 10.4. The largest absolute Gasteiger partial charge is 0.355 e. The van der Waals surface area contributed by atoms with E-state index in [4.69, 9.17) is 0 Å². The number of carbonyl (C=O) groups is 1. The second kappa shape index (κ2) is 10.2. The van der Waals surface area contributed by atoms with Crippen LogP contribution in [0.15, 0.2) is 0 Å². The van der Waals surface area contributed by atoms with E-state index in [0.29, 0.717) is 4.43 Å². The molecule has 4 heteroatoms. The van der Waals surface area contributed by atoms with E-state index >= 15 is 0 Å². The van der Waals surface area contributed by atoms with E-state index < -0.39 is 0 Å². The second-order valence-corrected chi connectivity index (χ2v) is 3.76. The van der Waals surface area contributed by atoms with E-state index in [9.17, 15) is 4.79 Å². The summed E-state index contributed by atoms with van der Waals surface area (Å²) in [5.41, 5.74) is 0. The van der Waals surface area contributed by atoms with Crippen molar-refractivity contribution in [2.75, 3.05) is 24.6 Å². The summed E-state index contributed by atoms with van der Waals surface area (Å²) in [6, 6.07) is 0. The third-order valence-electron chi connectivity index (χ3n) is 1.80. The molecule has 0 aromatic rings. The molecule has 0 atom stereocenters. The van der Waals surface area contributed by atoms with E-state index in [2.05, 4.69) is 33.2 Å². The average Bonchev–Trinajstić information content (AvgIpc) is 2.16. The number of amides is 1. The van der Waals surface area contributed by atoms with Crippen molar-refractivity contribution < 1.29 is 4.79 Å². The van der Waals surface area contributed by atoms with E-state index in [-0.39, 0.29) is 5.91 Å². The van der Waals surface area contributed by atoms with Crippen LogP contribution in [0, 0.1) is 0 Å². The second-order valence-electron chi connectivity index (χ2n) is 3.00. The van der Waals surface area contributed by atoms with Crippen molar-refractivity contribution in [1.29, 1.82) is 0 Å². The van der Waals surface area contributed by atoms with Crippen molar-refractivity contribution in [3.63, 3.8) is 0 Å². The number of rotatable bonds is 8. The van der Waals surface area contributed by atoms with Gasteiger partial charge in [0, 0.05) is 6.54 Å². The fourth-order valence-electron chi connectivity index (χ4n) is 1.06. The van der Waals surface area contributed by atoms with Crippen LogP contribution in [0.4, 0.5) is 0 Å². The molecule has 78 valence electrons. The molecule has 0 unspecified atom stereocenters. The molecule has 0 aliphatic heterocycles. The summed E-state index contributed by atoms with van der Waals surface area (Å²) in [5.74, 6) is 0.149. The molecule has 0 saturated carbocycles. The number of nitrogens with one attached hydrogen (secondary N) is 2. The molecule has 13 heavy (non-hydrogen) atoms. The van der Waals surface area contributed by atoms with Crippen LogP contribution < -0.4 is 10.6 Å². The van der Waals surface area contributed by atoms with Crippen molar-refractivity contribution in [2.45, 2.75) is 25.7 Å². The molecule has 0 aromatic carbocycles. The minimum atomic E-state index is 0.149. The third-order valence-corrected chi connectivity index (χ3v) is 2.49. The van der Waals surface area contributed by atoms with Crippen molar-refractivity contribution in [1.82, 2.24) is 10.6 Å². The number of hydrogen-bond donors (Lipinski definition) is 2. The summed E-state index contributed by atoms with van der Waals surface area (Å²) >= 11 is 2.07. The van der Waals surface area contributed by atoms with Gasteiger partial charge >= 0.3 is 0 Å². The predicted octanol–water partition coefficient (Wildman–Crippen LogP) is 1.32. The first-order valence-electron chi connectivity index (χ1n) is 4.78. The molecule has 0 aromatic heterocycles. The Balaban J connectivity index is 2.95. The summed E-state index contributed by atoms with van der Waals surface area (Å²) < 4.78 is 0.567. The van der Waals surface area contributed by atoms with Gasteiger partial charge in [-0.05, 0) is 26.4 Å². The molecule has 0 bridgehead atoms. The van der Waals surface area contributed by atoms with Gasteiger partial charge in [0.1, 0.15) is 0 Å². The van der Waals surface area contributed by atoms with Gasteiger partial charge in [-0.1, -0.05) is 35.4 Å². The Kier molecular flexibility index (Phi) is 10.4. The summed E-state index contributed by atoms with van der Waals surface area (Å²) in [6.45, 7) is 1.93. The molecule has 0 saturated heterocycles. The molecular weight excluding hydrogens is 279 g/mol. The zero-order valence-electron chi connectivity index (χ0n) is 8.24. The first-order chi connectivity index (χ1) is 6.31. The number of carbonyl (C=O) groups excluding carboxylic acids is 1. The molecule has 1 amide bonds. The quantitative estimate of drug-likeness (QED) is 0.403. The Morgan fingerprint density at radius 1 is 1.15 bits per heavy atom. The maximum Gasteiger partial charge on any atom is 0.229 e. The van der Waals surface area contributed by atoms with Gasteiger partial charge in [-0.3, -0.25) is 4.79 Å². The lowest BCUT2D eigenvalue weighted by Gasteiger charge is -2.02. The number of alkyl halides is 1. The standard InChI is InChI=1S/C9H19IN2O/c1-11-6-4-2-3-5-7-12-9(13)8-10/h11H,2-8H2,1H3,(H,12,13). The van der Waals surface area contributed by atoms with Crippen LogP contribution in [0.25, 0.3) is 0 Å². The van der Waals surface area contributed by atoms with Gasteiger partial charge in [0.2, 0.25) is 5.91 Å². The topological polar surface area (TPSA) is 41.1 Å². The summed E-state index contributed by atoms with van der Waals surface area (Å²) in [5, 5.41) is 5.98. The van der Waals surface area contributed by atoms with Gasteiger partial charge < -0.3 is 10.6 Å². The lowest BCUT2D eigenvalue weighted by Crippen LogP contribution is -2.25. The smallest absolute Gasteiger partial charge is 0.229 e. The van der Waals surface area contributed by atoms with Crippen LogP contribution >= 0.6 is 22.6 Å². The molecule has 2 N–H and O–H groups in total. The van der Waals surface area contributed by atoms with E-state index in [0.717, 1.165) is 19.5 Å². The normalized spacial score (nSPS) is 10.0. The molecule has 0 rings (SSSR count). The highest BCUT2D eigenvalue weighted by atomic mass is 127. The third kappa shape index (κ3) is 10.1. The Morgan fingerprint density at radius 3 is 2.31 bits per heavy atom. The molecule has 0 fully saturated rings. The molecular formula is C9H19IN2O. The van der Waals surface area contributed by atoms with Gasteiger partial charge in [-0.2, -0.15) is 0 Å². The average molecular weight is 298 g/mol. The summed E-state index contributed by atoms with van der Waals surface area (Å²) in [6.07, 6.45) is 4.80. The lowest BCUT2D eigenvalue weighted by molar-refractivity contribution is -0.118. The van der Waals surface area contributed by atoms with Gasteiger partial charge in [-0.25, -0.2) is 0 Å². The zero-order chi connectivity index (χ0) is 9.94. The van der Waals surface area contributed by atoms with Crippen LogP contribution in [-0.4, -0.2) is 30.5 Å². The summed E-state index contributed by atoms with van der Waals surface area (Å²) in [4.78, 5) is 10.8. The van der Waals surface area contributed by atoms with Crippen molar-refractivity contribution in [3.05, 3.63) is 0 Å². The van der Waals surface area contributed by atoms with Crippen LogP contribution in [0.2, 0.25) is 0 Å². The first-order valence-corrected chi connectivity index (χ1v) is 6.31. The fraction of sp³-hybridized carbons (Fsp3) is 0.889. The molecule has 0 heterocycles. The number of hydrogen-bond acceptors (Lipinski definition) is 2. The molecule has 0 aliphatic rings. The van der Waals surface area contributed by atoms with Gasteiger partial charge in [0.05, 0.1) is 4.43 Å². The SMILES string of the molecule is CNCCCCCCNC(=O)CI. The van der Waals surface area contributed by atoms with Crippen LogP contribution in [-0.2, 0) is 4.79 Å². The Morgan fingerprint density at radius 2 is 1.77 bits per heavy atom. The van der Waals surface area contributed by atoms with Gasteiger partial charge in [0.15, 0.2) is 0 Å². The van der Waals surface area contributed by atoms with Crippen molar-refractivity contribution in [3.8, 4) is 0 Å². The van der Waals surface area contributed by atoms with Crippen molar-refractivity contribution >= 4 is 28.5 Å². The Bertz CT molecular complexity index is 131. The van der Waals surface area contributed by atoms with Crippen LogP contribution in [0.5, 0.6) is 0 Å². The number of unbranched alkanes of at least 4 members (excludes halogenated alkanes) is 3. The highest BCUT2D eigenvalue weighted by Crippen LogP contribution is 1.97. The number of halogens is 1. The fourth-order valence-corrected chi connectivity index (χ4v) is 1.33. The van der Waals surface area contributed by atoms with E-state index in [1.54, 1.807) is 0 Å². The highest BCUT2D eigenvalue weighted by Gasteiger charge is 1.95. The monoisotopic (exact) mass is 298 g/mol. The Hall–Kier alpha value is 0.160. The van der Waals surface area contributed by atoms with Gasteiger partial charge in [-0.15, -0.1) is 0 Å². The van der Waals surface area contributed by atoms with E-state index in [1.165, 1.54) is 19.3 Å². The summed E-state index contributed by atoms with van der Waals surface area (Å²) in [7, 11) is 1.97. The maximum absolute atomic E-state index is 10.8. The Labute approximate surface area is 94.2 Å². The maximum atomic E-state index is 10.8. The van der Waals surface area contributed by atoms with E-state index in [1.807, 2.05) is 7.05 Å². The molecule has 0 radical (unpaired) electrons. The minimum Gasteiger partial charge on any atom is -0.355 e. The molecule has 3 nitrogen and oxygen atoms in total. The minimum absolute atomic E-state index is 0.149. The first kappa shape index (κ1) is 13.2. The van der Waals surface area contributed by atoms with Gasteiger partial charge in [0.25, 0.3) is 0 Å². The molecule has 0 aliphatic carbocycles. The van der Waals surface area contributed by atoms with Crippen molar-refractivity contribution in [2.24, 2.45) is 0 Å². The van der Waals surface area contributed by atoms with Crippen LogP contribution in [0.3, 0.4) is 0 Å².